The van der Waals surface area contributed by atoms with E-state index in [0.717, 1.165) is 18.8 Å². The number of nitrogens with zero attached hydrogens (tertiary/aromatic N) is 1. The van der Waals surface area contributed by atoms with Crippen LogP contribution >= 0.6 is 0 Å². The van der Waals surface area contributed by atoms with E-state index >= 15 is 0 Å². The summed E-state index contributed by atoms with van der Waals surface area (Å²) in [4.78, 5) is 26.1. The topological polar surface area (TPSA) is 86.3 Å². The number of alkyl carbamates (subject to hydrolysis) is 1. The van der Waals surface area contributed by atoms with E-state index in [-0.39, 0.29) is 19.8 Å². The van der Waals surface area contributed by atoms with Crippen LogP contribution in [-0.2, 0) is 14.2 Å². The second-order valence-electron chi connectivity index (χ2n) is 7.28. The molecule has 0 aromatic heterocycles. The number of hydrogen-bond acceptors (Lipinski definition) is 7. The van der Waals surface area contributed by atoms with Gasteiger partial charge in [-0.3, -0.25) is 0 Å². The number of esters is 1. The van der Waals surface area contributed by atoms with Crippen LogP contribution in [-0.4, -0.2) is 63.7 Å². The van der Waals surface area contributed by atoms with Gasteiger partial charge in [0.1, 0.15) is 23.5 Å². The Morgan fingerprint density at radius 1 is 1.21 bits per heavy atom. The van der Waals surface area contributed by atoms with Crippen molar-refractivity contribution in [2.45, 2.75) is 33.3 Å². The Balaban J connectivity index is 2.01. The van der Waals surface area contributed by atoms with Crippen LogP contribution in [0.2, 0.25) is 0 Å². The second-order valence-corrected chi connectivity index (χ2v) is 7.28. The molecule has 0 atom stereocenters. The maximum Gasteiger partial charge on any atom is 0.407 e. The standard InChI is InChI=1S/C20H30N2O6/c1-5-26-18(23)16-7-6-15(22-9-12-25-13-10-22)14-17(16)27-11-8-21-19(24)28-20(2,3)4/h6-7,14H,5,8-13H2,1-4H3,(H,21,24). The fourth-order valence-electron chi connectivity index (χ4n) is 2.65. The Morgan fingerprint density at radius 2 is 1.93 bits per heavy atom. The van der Waals surface area contributed by atoms with Gasteiger partial charge < -0.3 is 29.2 Å². The Morgan fingerprint density at radius 3 is 2.57 bits per heavy atom. The molecule has 0 radical (unpaired) electrons. The van der Waals surface area contributed by atoms with Gasteiger partial charge in [0.05, 0.1) is 26.4 Å². The lowest BCUT2D eigenvalue weighted by atomic mass is 10.1. The third kappa shape index (κ3) is 6.92. The van der Waals surface area contributed by atoms with Crippen molar-refractivity contribution < 1.29 is 28.5 Å². The summed E-state index contributed by atoms with van der Waals surface area (Å²) < 4.78 is 21.5. The highest BCUT2D eigenvalue weighted by Gasteiger charge is 2.19. The summed E-state index contributed by atoms with van der Waals surface area (Å²) in [5, 5.41) is 2.63. The summed E-state index contributed by atoms with van der Waals surface area (Å²) >= 11 is 0. The highest BCUT2D eigenvalue weighted by Crippen LogP contribution is 2.27. The molecule has 0 aliphatic carbocycles. The molecule has 1 N–H and O–H groups in total. The van der Waals surface area contributed by atoms with Crippen molar-refractivity contribution in [3.05, 3.63) is 23.8 Å². The van der Waals surface area contributed by atoms with Gasteiger partial charge >= 0.3 is 12.1 Å². The van der Waals surface area contributed by atoms with Gasteiger partial charge in [-0.15, -0.1) is 0 Å². The van der Waals surface area contributed by atoms with Crippen LogP contribution in [0, 0.1) is 0 Å². The quantitative estimate of drug-likeness (QED) is 0.562. The minimum atomic E-state index is -0.561. The molecular weight excluding hydrogens is 364 g/mol. The third-order valence-electron chi connectivity index (χ3n) is 3.86. The van der Waals surface area contributed by atoms with Gasteiger partial charge in [0.2, 0.25) is 0 Å². The lowest BCUT2D eigenvalue weighted by Crippen LogP contribution is -2.36. The molecule has 1 aliphatic rings. The minimum Gasteiger partial charge on any atom is -0.491 e. The molecule has 1 aromatic carbocycles. The van der Waals surface area contributed by atoms with Crippen LogP contribution in [0.5, 0.6) is 5.75 Å². The van der Waals surface area contributed by atoms with Crippen molar-refractivity contribution in [3.63, 3.8) is 0 Å². The Bertz CT molecular complexity index is 665. The van der Waals surface area contributed by atoms with Gasteiger partial charge in [-0.05, 0) is 39.8 Å². The lowest BCUT2D eigenvalue weighted by molar-refractivity contribution is 0.0502. The Labute approximate surface area is 166 Å². The normalized spacial score (nSPS) is 14.4. The van der Waals surface area contributed by atoms with Crippen LogP contribution in [0.3, 0.4) is 0 Å². The van der Waals surface area contributed by atoms with E-state index in [4.69, 9.17) is 18.9 Å². The van der Waals surface area contributed by atoms with E-state index in [0.29, 0.717) is 24.5 Å². The first kappa shape index (κ1) is 21.8. The predicted molar refractivity (Wildman–Crippen MR) is 105 cm³/mol. The molecule has 2 rings (SSSR count). The summed E-state index contributed by atoms with van der Waals surface area (Å²) in [5.41, 5.74) is 0.747. The van der Waals surface area contributed by atoms with Gasteiger partial charge in [-0.2, -0.15) is 0 Å². The van der Waals surface area contributed by atoms with E-state index in [1.807, 2.05) is 12.1 Å². The maximum absolute atomic E-state index is 12.2. The lowest BCUT2D eigenvalue weighted by Gasteiger charge is -2.29. The van der Waals surface area contributed by atoms with Crippen LogP contribution in [0.25, 0.3) is 0 Å². The number of ether oxygens (including phenoxy) is 4. The van der Waals surface area contributed by atoms with Crippen molar-refractivity contribution in [1.82, 2.24) is 5.32 Å². The fourth-order valence-corrected chi connectivity index (χ4v) is 2.65. The Kier molecular flexibility index (Phi) is 7.92. The van der Waals surface area contributed by atoms with Gasteiger partial charge in [-0.1, -0.05) is 0 Å². The summed E-state index contributed by atoms with van der Waals surface area (Å²) in [6.07, 6.45) is -0.510. The number of carbonyl (C=O) groups is 2. The molecule has 8 heteroatoms. The molecule has 156 valence electrons. The molecular formula is C20H30N2O6. The van der Waals surface area contributed by atoms with E-state index in [1.54, 1.807) is 33.8 Å². The van der Waals surface area contributed by atoms with Crippen molar-refractivity contribution in [1.29, 1.82) is 0 Å². The molecule has 28 heavy (non-hydrogen) atoms. The number of carbonyl (C=O) groups excluding carboxylic acids is 2. The zero-order chi connectivity index (χ0) is 20.6. The molecule has 0 spiro atoms. The van der Waals surface area contributed by atoms with Crippen LogP contribution in [0.1, 0.15) is 38.1 Å². The van der Waals surface area contributed by atoms with Crippen LogP contribution < -0.4 is 15.0 Å². The average molecular weight is 394 g/mol. The van der Waals surface area contributed by atoms with E-state index in [1.165, 1.54) is 0 Å². The zero-order valence-electron chi connectivity index (χ0n) is 17.1. The first-order valence-corrected chi connectivity index (χ1v) is 9.53. The summed E-state index contributed by atoms with van der Waals surface area (Å²) in [7, 11) is 0. The number of anilines is 1. The third-order valence-corrected chi connectivity index (χ3v) is 3.86. The zero-order valence-corrected chi connectivity index (χ0v) is 17.1. The number of rotatable bonds is 7. The van der Waals surface area contributed by atoms with Crippen molar-refractivity contribution in [2.24, 2.45) is 0 Å². The van der Waals surface area contributed by atoms with Crippen LogP contribution in [0.4, 0.5) is 10.5 Å². The number of morpholine rings is 1. The van der Waals surface area contributed by atoms with Crippen molar-refractivity contribution in [2.75, 3.05) is 51.0 Å². The van der Waals surface area contributed by atoms with Crippen LogP contribution in [0.15, 0.2) is 18.2 Å². The molecule has 1 saturated heterocycles. The predicted octanol–water partition coefficient (Wildman–Crippen LogP) is 2.60. The van der Waals surface area contributed by atoms with Crippen molar-refractivity contribution in [3.8, 4) is 5.75 Å². The highest BCUT2D eigenvalue weighted by atomic mass is 16.6. The first-order valence-electron chi connectivity index (χ1n) is 9.53. The summed E-state index contributed by atoms with van der Waals surface area (Å²) in [6.45, 7) is 10.7. The molecule has 1 amide bonds. The largest absolute Gasteiger partial charge is 0.491 e. The number of benzene rings is 1. The van der Waals surface area contributed by atoms with Gasteiger partial charge in [0.15, 0.2) is 0 Å². The highest BCUT2D eigenvalue weighted by molar-refractivity contribution is 5.93. The number of nitrogens with one attached hydrogen (secondary N) is 1. The summed E-state index contributed by atoms with van der Waals surface area (Å²) in [6, 6.07) is 5.41. The van der Waals surface area contributed by atoms with Gasteiger partial charge in [-0.25, -0.2) is 9.59 Å². The minimum absolute atomic E-state index is 0.193. The Hall–Kier alpha value is -2.48. The molecule has 0 saturated carbocycles. The van der Waals surface area contributed by atoms with E-state index < -0.39 is 17.7 Å². The molecule has 0 unspecified atom stereocenters. The van der Waals surface area contributed by atoms with E-state index in [9.17, 15) is 9.59 Å². The van der Waals surface area contributed by atoms with Gasteiger partial charge in [0, 0.05) is 24.8 Å². The monoisotopic (exact) mass is 394 g/mol. The molecule has 1 fully saturated rings. The second kappa shape index (κ2) is 10.2. The molecule has 1 aromatic rings. The molecule has 8 nitrogen and oxygen atoms in total. The molecule has 1 aliphatic heterocycles. The fraction of sp³-hybridized carbons (Fsp3) is 0.600. The molecule has 1 heterocycles. The SMILES string of the molecule is CCOC(=O)c1ccc(N2CCOCC2)cc1OCCNC(=O)OC(C)(C)C. The first-order chi connectivity index (χ1) is 13.3. The average Bonchev–Trinajstić information content (AvgIpc) is 2.64. The van der Waals surface area contributed by atoms with Crippen molar-refractivity contribution >= 4 is 17.7 Å². The van der Waals surface area contributed by atoms with Gasteiger partial charge in [0.25, 0.3) is 0 Å². The molecule has 0 bridgehead atoms. The summed E-state index contributed by atoms with van der Waals surface area (Å²) in [5.74, 6) is -0.0143. The number of hydrogen-bond donors (Lipinski definition) is 1. The van der Waals surface area contributed by atoms with E-state index in [2.05, 4.69) is 10.2 Å². The maximum atomic E-state index is 12.2. The smallest absolute Gasteiger partial charge is 0.407 e. The number of amides is 1.